The molecule has 0 bridgehead atoms. The molecule has 0 aromatic heterocycles. The van der Waals surface area contributed by atoms with Gasteiger partial charge in [0.15, 0.2) is 0 Å². The number of aromatic hydroxyl groups is 1. The standard InChI is InChI=1S/C13H18N2O2/c14-13(5-2-6-13)9-15-12(17)8-10-3-1-4-11(16)7-10/h1,3-4,7,16H,2,5-6,8-9,14H2,(H,15,17). The second-order valence-corrected chi connectivity index (χ2v) is 4.84. The SMILES string of the molecule is NC1(CNC(=O)Cc2cccc(O)c2)CCC1. The Hall–Kier alpha value is -1.55. The first-order valence-electron chi connectivity index (χ1n) is 5.91. The minimum Gasteiger partial charge on any atom is -0.508 e. The molecule has 1 fully saturated rings. The fourth-order valence-corrected chi connectivity index (χ4v) is 2.00. The van der Waals surface area contributed by atoms with E-state index in [1.54, 1.807) is 18.2 Å². The summed E-state index contributed by atoms with van der Waals surface area (Å²) in [5.41, 5.74) is 6.64. The maximum Gasteiger partial charge on any atom is 0.224 e. The van der Waals surface area contributed by atoms with Crippen LogP contribution in [0.1, 0.15) is 24.8 Å². The molecule has 0 aliphatic heterocycles. The number of hydrogen-bond donors (Lipinski definition) is 3. The van der Waals surface area contributed by atoms with Crippen LogP contribution in [0, 0.1) is 0 Å². The summed E-state index contributed by atoms with van der Waals surface area (Å²) in [6.07, 6.45) is 3.40. The van der Waals surface area contributed by atoms with Crippen LogP contribution in [0.25, 0.3) is 0 Å². The highest BCUT2D eigenvalue weighted by Crippen LogP contribution is 2.28. The summed E-state index contributed by atoms with van der Waals surface area (Å²) >= 11 is 0. The van der Waals surface area contributed by atoms with Gasteiger partial charge in [0.25, 0.3) is 0 Å². The number of nitrogens with two attached hydrogens (primary N) is 1. The predicted molar refractivity (Wildman–Crippen MR) is 65.6 cm³/mol. The third-order valence-corrected chi connectivity index (χ3v) is 3.26. The quantitative estimate of drug-likeness (QED) is 0.725. The molecule has 4 heteroatoms. The highest BCUT2D eigenvalue weighted by Gasteiger charge is 2.32. The molecule has 0 heterocycles. The molecule has 4 N–H and O–H groups in total. The van der Waals surface area contributed by atoms with Crippen molar-refractivity contribution >= 4 is 5.91 Å². The maximum absolute atomic E-state index is 11.7. The summed E-state index contributed by atoms with van der Waals surface area (Å²) in [5.74, 6) is 0.136. The molecule has 1 aromatic rings. The summed E-state index contributed by atoms with van der Waals surface area (Å²) in [6.45, 7) is 0.546. The van der Waals surface area contributed by atoms with Gasteiger partial charge in [0.1, 0.15) is 5.75 Å². The average molecular weight is 234 g/mol. The molecular weight excluding hydrogens is 216 g/mol. The second-order valence-electron chi connectivity index (χ2n) is 4.84. The molecule has 1 aliphatic rings. The molecule has 17 heavy (non-hydrogen) atoms. The molecule has 1 aliphatic carbocycles. The summed E-state index contributed by atoms with van der Waals surface area (Å²) in [5, 5.41) is 12.1. The number of rotatable bonds is 4. The molecule has 0 spiro atoms. The number of phenolic OH excluding ortho intramolecular Hbond substituents is 1. The molecule has 4 nitrogen and oxygen atoms in total. The van der Waals surface area contributed by atoms with Crippen LogP contribution in [0.3, 0.4) is 0 Å². The highest BCUT2D eigenvalue weighted by molar-refractivity contribution is 5.78. The summed E-state index contributed by atoms with van der Waals surface area (Å²) in [6, 6.07) is 6.74. The molecular formula is C13H18N2O2. The maximum atomic E-state index is 11.7. The van der Waals surface area contributed by atoms with Crippen molar-refractivity contribution in [3.8, 4) is 5.75 Å². The lowest BCUT2D eigenvalue weighted by atomic mass is 9.78. The second kappa shape index (κ2) is 4.75. The van der Waals surface area contributed by atoms with Gasteiger partial charge in [-0.1, -0.05) is 12.1 Å². The van der Waals surface area contributed by atoms with E-state index in [9.17, 15) is 9.90 Å². The number of carbonyl (C=O) groups is 1. The smallest absolute Gasteiger partial charge is 0.224 e. The number of hydrogen-bond acceptors (Lipinski definition) is 3. The van der Waals surface area contributed by atoms with Gasteiger partial charge in [-0.05, 0) is 37.0 Å². The molecule has 2 rings (SSSR count). The van der Waals surface area contributed by atoms with Crippen molar-refractivity contribution < 1.29 is 9.90 Å². The van der Waals surface area contributed by atoms with Crippen LogP contribution in [0.4, 0.5) is 0 Å². The fraction of sp³-hybridized carbons (Fsp3) is 0.462. The zero-order valence-corrected chi connectivity index (χ0v) is 9.78. The third-order valence-electron chi connectivity index (χ3n) is 3.26. The molecule has 1 saturated carbocycles. The van der Waals surface area contributed by atoms with Crippen molar-refractivity contribution in [2.24, 2.45) is 5.73 Å². The lowest BCUT2D eigenvalue weighted by Crippen LogP contribution is -2.55. The highest BCUT2D eigenvalue weighted by atomic mass is 16.3. The van der Waals surface area contributed by atoms with Crippen molar-refractivity contribution in [2.75, 3.05) is 6.54 Å². The van der Waals surface area contributed by atoms with Crippen LogP contribution in [-0.2, 0) is 11.2 Å². The van der Waals surface area contributed by atoms with E-state index in [1.807, 2.05) is 6.07 Å². The number of carbonyl (C=O) groups excluding carboxylic acids is 1. The Morgan fingerprint density at radius 2 is 2.24 bits per heavy atom. The molecule has 0 unspecified atom stereocenters. The van der Waals surface area contributed by atoms with E-state index >= 15 is 0 Å². The van der Waals surface area contributed by atoms with Gasteiger partial charge in [0.05, 0.1) is 6.42 Å². The normalized spacial score (nSPS) is 17.2. The van der Waals surface area contributed by atoms with Gasteiger partial charge in [0, 0.05) is 12.1 Å². The average Bonchev–Trinajstić information content (AvgIpc) is 2.24. The monoisotopic (exact) mass is 234 g/mol. The number of amides is 1. The first kappa shape index (κ1) is 11.9. The van der Waals surface area contributed by atoms with Crippen molar-refractivity contribution in [1.82, 2.24) is 5.32 Å². The van der Waals surface area contributed by atoms with Gasteiger partial charge >= 0.3 is 0 Å². The lowest BCUT2D eigenvalue weighted by Gasteiger charge is -2.38. The Bertz CT molecular complexity index is 414. The predicted octanol–water partition coefficient (Wildman–Crippen LogP) is 0.932. The first-order valence-corrected chi connectivity index (χ1v) is 5.91. The van der Waals surface area contributed by atoms with Crippen molar-refractivity contribution in [3.63, 3.8) is 0 Å². The largest absolute Gasteiger partial charge is 0.508 e. The third kappa shape index (κ3) is 3.20. The topological polar surface area (TPSA) is 75.3 Å². The van der Waals surface area contributed by atoms with E-state index in [0.29, 0.717) is 6.54 Å². The molecule has 92 valence electrons. The van der Waals surface area contributed by atoms with Crippen LogP contribution in [0.5, 0.6) is 5.75 Å². The Morgan fingerprint density at radius 3 is 2.82 bits per heavy atom. The van der Waals surface area contributed by atoms with Gasteiger partial charge < -0.3 is 16.2 Å². The van der Waals surface area contributed by atoms with Crippen LogP contribution >= 0.6 is 0 Å². The Labute approximate surface area is 101 Å². The van der Waals surface area contributed by atoms with Crippen molar-refractivity contribution in [1.29, 1.82) is 0 Å². The molecule has 1 amide bonds. The van der Waals surface area contributed by atoms with Crippen LogP contribution in [-0.4, -0.2) is 23.1 Å². The van der Waals surface area contributed by atoms with Gasteiger partial charge in [-0.2, -0.15) is 0 Å². The van der Waals surface area contributed by atoms with Crippen molar-refractivity contribution in [2.45, 2.75) is 31.2 Å². The van der Waals surface area contributed by atoms with Crippen LogP contribution in [0.15, 0.2) is 24.3 Å². The zero-order chi connectivity index (χ0) is 12.3. The molecule has 0 atom stereocenters. The van der Waals surface area contributed by atoms with Gasteiger partial charge in [-0.3, -0.25) is 4.79 Å². The van der Waals surface area contributed by atoms with E-state index in [4.69, 9.17) is 5.73 Å². The van der Waals surface area contributed by atoms with Gasteiger partial charge in [-0.25, -0.2) is 0 Å². The minimum atomic E-state index is -0.186. The van der Waals surface area contributed by atoms with E-state index in [-0.39, 0.29) is 23.6 Å². The Balaban J connectivity index is 1.81. The summed E-state index contributed by atoms with van der Waals surface area (Å²) in [4.78, 5) is 11.7. The van der Waals surface area contributed by atoms with Crippen LogP contribution < -0.4 is 11.1 Å². The zero-order valence-electron chi connectivity index (χ0n) is 9.78. The number of benzene rings is 1. The fourth-order valence-electron chi connectivity index (χ4n) is 2.00. The van der Waals surface area contributed by atoms with Crippen LogP contribution in [0.2, 0.25) is 0 Å². The Morgan fingerprint density at radius 1 is 1.47 bits per heavy atom. The van der Waals surface area contributed by atoms with Gasteiger partial charge in [-0.15, -0.1) is 0 Å². The molecule has 0 radical (unpaired) electrons. The number of phenols is 1. The Kier molecular flexibility index (Phi) is 3.33. The summed E-state index contributed by atoms with van der Waals surface area (Å²) in [7, 11) is 0. The lowest BCUT2D eigenvalue weighted by molar-refractivity contribution is -0.120. The van der Waals surface area contributed by atoms with E-state index in [1.165, 1.54) is 0 Å². The van der Waals surface area contributed by atoms with Gasteiger partial charge in [0.2, 0.25) is 5.91 Å². The minimum absolute atomic E-state index is 0.0488. The summed E-state index contributed by atoms with van der Waals surface area (Å²) < 4.78 is 0. The molecule has 0 saturated heterocycles. The van der Waals surface area contributed by atoms with Crippen molar-refractivity contribution in [3.05, 3.63) is 29.8 Å². The molecule has 1 aromatic carbocycles. The first-order chi connectivity index (χ1) is 8.07. The van der Waals surface area contributed by atoms with E-state index in [2.05, 4.69) is 5.32 Å². The number of nitrogens with one attached hydrogen (secondary N) is 1. The van der Waals surface area contributed by atoms with E-state index in [0.717, 1.165) is 24.8 Å². The van der Waals surface area contributed by atoms with E-state index < -0.39 is 0 Å².